The number of likely N-dealkylation sites (N-methyl/N-ethyl adjacent to an activating group) is 3. The Morgan fingerprint density at radius 1 is 1.42 bits per heavy atom. The van der Waals surface area contributed by atoms with Crippen LogP contribution < -0.4 is 5.32 Å². The highest BCUT2D eigenvalue weighted by molar-refractivity contribution is 7.16. The van der Waals surface area contributed by atoms with Gasteiger partial charge in [-0.1, -0.05) is 18.5 Å². The Hall–Kier alpha value is -0.130. The fraction of sp³-hybridized carbons (Fsp3) is 0.714. The highest BCUT2D eigenvalue weighted by atomic mass is 35.5. The van der Waals surface area contributed by atoms with Crippen molar-refractivity contribution in [3.05, 3.63) is 21.3 Å². The van der Waals surface area contributed by atoms with Crippen molar-refractivity contribution in [2.75, 3.05) is 40.3 Å². The van der Waals surface area contributed by atoms with Crippen molar-refractivity contribution in [2.24, 2.45) is 0 Å². The lowest BCUT2D eigenvalue weighted by molar-refractivity contribution is 0.181. The first kappa shape index (κ1) is 15.3. The molecule has 5 heteroatoms. The van der Waals surface area contributed by atoms with E-state index in [4.69, 9.17) is 11.6 Å². The molecule has 0 aromatic carbocycles. The average Bonchev–Trinajstić information content (AvgIpc) is 2.72. The number of nitrogens with one attached hydrogen (secondary N) is 1. The van der Waals surface area contributed by atoms with E-state index in [1.165, 1.54) is 17.8 Å². The van der Waals surface area contributed by atoms with Crippen molar-refractivity contribution in [1.82, 2.24) is 15.1 Å². The van der Waals surface area contributed by atoms with Gasteiger partial charge in [0.2, 0.25) is 0 Å². The molecule has 0 bridgehead atoms. The summed E-state index contributed by atoms with van der Waals surface area (Å²) in [5.74, 6) is 0. The monoisotopic (exact) mass is 301 g/mol. The van der Waals surface area contributed by atoms with Crippen LogP contribution in [0, 0.1) is 0 Å². The van der Waals surface area contributed by atoms with Crippen LogP contribution in [0.1, 0.15) is 24.3 Å². The molecule has 2 atom stereocenters. The maximum Gasteiger partial charge on any atom is 0.0931 e. The summed E-state index contributed by atoms with van der Waals surface area (Å²) in [6.45, 7) is 6.60. The molecule has 0 amide bonds. The Bertz CT molecular complexity index is 396. The van der Waals surface area contributed by atoms with Crippen LogP contribution in [0.15, 0.2) is 12.1 Å². The predicted octanol–water partition coefficient (Wildman–Crippen LogP) is 2.69. The molecule has 19 heavy (non-hydrogen) atoms. The fourth-order valence-electron chi connectivity index (χ4n) is 2.81. The SMILES string of the molecule is CCNC(c1ccc(Cl)s1)C1CN(C)CCCN1C. The van der Waals surface area contributed by atoms with Crippen molar-refractivity contribution < 1.29 is 0 Å². The molecule has 1 saturated heterocycles. The van der Waals surface area contributed by atoms with Crippen LogP contribution >= 0.6 is 22.9 Å². The molecule has 0 aliphatic carbocycles. The lowest BCUT2D eigenvalue weighted by Gasteiger charge is -2.34. The minimum atomic E-state index is 0.369. The zero-order chi connectivity index (χ0) is 13.8. The highest BCUT2D eigenvalue weighted by Crippen LogP contribution is 2.31. The van der Waals surface area contributed by atoms with Crippen LogP contribution in [0.25, 0.3) is 0 Å². The molecule has 1 aromatic heterocycles. The Labute approximate surface area is 125 Å². The maximum atomic E-state index is 6.11. The topological polar surface area (TPSA) is 18.5 Å². The largest absolute Gasteiger partial charge is 0.308 e. The predicted molar refractivity (Wildman–Crippen MR) is 84.3 cm³/mol. The van der Waals surface area contributed by atoms with E-state index in [1.807, 2.05) is 6.07 Å². The number of halogens is 1. The van der Waals surface area contributed by atoms with Crippen LogP contribution in [-0.4, -0.2) is 56.1 Å². The van der Waals surface area contributed by atoms with Gasteiger partial charge in [-0.05, 0) is 52.3 Å². The molecule has 1 aliphatic heterocycles. The molecule has 1 N–H and O–H groups in total. The molecular weight excluding hydrogens is 278 g/mol. The molecule has 2 unspecified atom stereocenters. The average molecular weight is 302 g/mol. The molecule has 1 aliphatic rings. The molecular formula is C14H24ClN3S. The summed E-state index contributed by atoms with van der Waals surface area (Å²) in [5, 5.41) is 3.64. The standard InChI is InChI=1S/C14H24ClN3S/c1-4-16-14(12-6-7-13(15)19-12)11-10-17(2)8-5-9-18(11)3/h6-7,11,14,16H,4-5,8-10H2,1-3H3. The molecule has 0 saturated carbocycles. The summed E-state index contributed by atoms with van der Waals surface area (Å²) >= 11 is 7.80. The van der Waals surface area contributed by atoms with Crippen molar-refractivity contribution in [3.63, 3.8) is 0 Å². The quantitative estimate of drug-likeness (QED) is 0.922. The van der Waals surface area contributed by atoms with E-state index in [1.54, 1.807) is 11.3 Å². The van der Waals surface area contributed by atoms with Gasteiger partial charge < -0.3 is 15.1 Å². The summed E-state index contributed by atoms with van der Waals surface area (Å²) in [7, 11) is 4.46. The second kappa shape index (κ2) is 7.04. The first-order chi connectivity index (χ1) is 9.11. The van der Waals surface area contributed by atoms with Crippen LogP contribution in [0.3, 0.4) is 0 Å². The Kier molecular flexibility index (Phi) is 5.66. The molecule has 1 aromatic rings. The van der Waals surface area contributed by atoms with Crippen LogP contribution in [-0.2, 0) is 0 Å². The van der Waals surface area contributed by atoms with E-state index >= 15 is 0 Å². The number of nitrogens with zero attached hydrogens (tertiary/aromatic N) is 2. The number of rotatable bonds is 4. The molecule has 0 radical (unpaired) electrons. The van der Waals surface area contributed by atoms with Gasteiger partial charge in [0.05, 0.1) is 10.4 Å². The van der Waals surface area contributed by atoms with E-state index < -0.39 is 0 Å². The van der Waals surface area contributed by atoms with Gasteiger partial charge in [0.25, 0.3) is 0 Å². The van der Waals surface area contributed by atoms with Crippen molar-refractivity contribution in [2.45, 2.75) is 25.4 Å². The number of hydrogen-bond donors (Lipinski definition) is 1. The van der Waals surface area contributed by atoms with Crippen LogP contribution in [0.5, 0.6) is 0 Å². The molecule has 1 fully saturated rings. The minimum Gasteiger partial charge on any atom is -0.308 e. The van der Waals surface area contributed by atoms with Gasteiger partial charge in [0, 0.05) is 17.5 Å². The van der Waals surface area contributed by atoms with Gasteiger partial charge in [-0.3, -0.25) is 0 Å². The van der Waals surface area contributed by atoms with Gasteiger partial charge in [-0.2, -0.15) is 0 Å². The van der Waals surface area contributed by atoms with Gasteiger partial charge in [-0.25, -0.2) is 0 Å². The third-order valence-electron chi connectivity index (χ3n) is 3.82. The van der Waals surface area contributed by atoms with Gasteiger partial charge >= 0.3 is 0 Å². The van der Waals surface area contributed by atoms with Crippen LogP contribution in [0.2, 0.25) is 4.34 Å². The maximum absolute atomic E-state index is 6.11. The molecule has 108 valence electrons. The Morgan fingerprint density at radius 3 is 2.84 bits per heavy atom. The van der Waals surface area contributed by atoms with Crippen LogP contribution in [0.4, 0.5) is 0 Å². The zero-order valence-corrected chi connectivity index (χ0v) is 13.6. The van der Waals surface area contributed by atoms with Crippen molar-refractivity contribution in [3.8, 4) is 0 Å². The molecule has 2 heterocycles. The van der Waals surface area contributed by atoms with Gasteiger partial charge in [-0.15, -0.1) is 11.3 Å². The number of hydrogen-bond acceptors (Lipinski definition) is 4. The lowest BCUT2D eigenvalue weighted by Crippen LogP contribution is -2.46. The Morgan fingerprint density at radius 2 is 2.21 bits per heavy atom. The van der Waals surface area contributed by atoms with Crippen molar-refractivity contribution >= 4 is 22.9 Å². The fourth-order valence-corrected chi connectivity index (χ4v) is 4.00. The first-order valence-corrected chi connectivity index (χ1v) is 8.18. The summed E-state index contributed by atoms with van der Waals surface area (Å²) in [6.07, 6.45) is 1.24. The summed E-state index contributed by atoms with van der Waals surface area (Å²) in [4.78, 5) is 6.28. The van der Waals surface area contributed by atoms with E-state index in [0.29, 0.717) is 12.1 Å². The summed E-state index contributed by atoms with van der Waals surface area (Å²) < 4.78 is 0.877. The first-order valence-electron chi connectivity index (χ1n) is 6.99. The Balaban J connectivity index is 2.20. The van der Waals surface area contributed by atoms with E-state index in [0.717, 1.165) is 24.0 Å². The second-order valence-electron chi connectivity index (χ2n) is 5.34. The smallest absolute Gasteiger partial charge is 0.0931 e. The second-order valence-corrected chi connectivity index (χ2v) is 7.09. The molecule has 0 spiro atoms. The van der Waals surface area contributed by atoms with E-state index in [9.17, 15) is 0 Å². The summed E-state index contributed by atoms with van der Waals surface area (Å²) in [5.41, 5.74) is 0. The van der Waals surface area contributed by atoms with Crippen molar-refractivity contribution in [1.29, 1.82) is 0 Å². The molecule has 3 nitrogen and oxygen atoms in total. The van der Waals surface area contributed by atoms with E-state index in [-0.39, 0.29) is 0 Å². The number of thiophene rings is 1. The molecule has 2 rings (SSSR count). The van der Waals surface area contributed by atoms with E-state index in [2.05, 4.69) is 42.2 Å². The normalized spacial score (nSPS) is 24.3. The minimum absolute atomic E-state index is 0.369. The highest BCUT2D eigenvalue weighted by Gasteiger charge is 2.29. The van der Waals surface area contributed by atoms with Gasteiger partial charge in [0.1, 0.15) is 0 Å². The third-order valence-corrected chi connectivity index (χ3v) is 5.14. The summed E-state index contributed by atoms with van der Waals surface area (Å²) in [6, 6.07) is 5.04. The third kappa shape index (κ3) is 3.92. The van der Waals surface area contributed by atoms with Gasteiger partial charge in [0.15, 0.2) is 0 Å². The lowest BCUT2D eigenvalue weighted by atomic mass is 10.0. The zero-order valence-electron chi connectivity index (χ0n) is 12.0.